The number of hydrogen-bond acceptors (Lipinski definition) is 3. The van der Waals surface area contributed by atoms with E-state index in [0.29, 0.717) is 19.3 Å². The van der Waals surface area contributed by atoms with Crippen LogP contribution in [0.15, 0.2) is 12.1 Å². The van der Waals surface area contributed by atoms with E-state index in [-0.39, 0.29) is 0 Å². The van der Waals surface area contributed by atoms with E-state index in [2.05, 4.69) is 12.1 Å². The monoisotopic (exact) mass is 252 g/mol. The molecule has 0 spiro atoms. The van der Waals surface area contributed by atoms with Gasteiger partial charge in [0, 0.05) is 0 Å². The first-order chi connectivity index (χ1) is 8.49. The Bertz CT molecular complexity index is 388. The minimum absolute atomic E-state index is 0.550. The summed E-state index contributed by atoms with van der Waals surface area (Å²) in [5, 5.41) is 19.3. The van der Waals surface area contributed by atoms with Gasteiger partial charge in [-0.2, -0.15) is 0 Å². The summed E-state index contributed by atoms with van der Waals surface area (Å²) in [6.07, 6.45) is 0.533. The maximum atomic E-state index is 9.79. The van der Waals surface area contributed by atoms with Crippen LogP contribution >= 0.6 is 0 Å². The maximum absolute atomic E-state index is 9.79. The van der Waals surface area contributed by atoms with Crippen LogP contribution in [0.25, 0.3) is 0 Å². The summed E-state index contributed by atoms with van der Waals surface area (Å²) in [5.74, 6) is 0.888. The molecule has 0 amide bonds. The Hall–Kier alpha value is -1.06. The quantitative estimate of drug-likeness (QED) is 0.817. The van der Waals surface area contributed by atoms with Crippen molar-refractivity contribution in [3.05, 3.63) is 28.8 Å². The molecule has 18 heavy (non-hydrogen) atoms. The standard InChI is InChI=1S/C15H24O3/c1-5-13(16)14(17)7-6-12-9-10(2)8-11(3)15(12)18-4/h8-9,13-14,16-17H,5-7H2,1-4H3. The predicted octanol–water partition coefficient (Wildman–Crippen LogP) is 2.38. The molecule has 0 aliphatic heterocycles. The third-order valence-electron chi connectivity index (χ3n) is 3.27. The van der Waals surface area contributed by atoms with Crippen LogP contribution in [0, 0.1) is 13.8 Å². The van der Waals surface area contributed by atoms with Crippen LogP contribution in [0.2, 0.25) is 0 Å². The molecule has 0 radical (unpaired) electrons. The lowest BCUT2D eigenvalue weighted by atomic mass is 9.98. The molecule has 0 fully saturated rings. The number of hydrogen-bond donors (Lipinski definition) is 2. The van der Waals surface area contributed by atoms with Gasteiger partial charge in [0.1, 0.15) is 5.75 Å². The van der Waals surface area contributed by atoms with Crippen molar-refractivity contribution in [1.82, 2.24) is 0 Å². The molecule has 2 atom stereocenters. The summed E-state index contributed by atoms with van der Waals surface area (Å²) in [6.45, 7) is 5.94. The average Bonchev–Trinajstić information content (AvgIpc) is 2.34. The van der Waals surface area contributed by atoms with E-state index in [9.17, 15) is 10.2 Å². The van der Waals surface area contributed by atoms with Crippen LogP contribution in [0.3, 0.4) is 0 Å². The number of aryl methyl sites for hydroxylation is 3. The Morgan fingerprint density at radius 3 is 2.39 bits per heavy atom. The Kier molecular flexibility index (Phi) is 5.63. The Morgan fingerprint density at radius 1 is 1.17 bits per heavy atom. The van der Waals surface area contributed by atoms with Crippen molar-refractivity contribution in [2.24, 2.45) is 0 Å². The van der Waals surface area contributed by atoms with Gasteiger partial charge in [0.2, 0.25) is 0 Å². The smallest absolute Gasteiger partial charge is 0.124 e. The summed E-state index contributed by atoms with van der Waals surface area (Å²) in [6, 6.07) is 4.16. The van der Waals surface area contributed by atoms with Gasteiger partial charge in [-0.1, -0.05) is 24.6 Å². The largest absolute Gasteiger partial charge is 0.496 e. The van der Waals surface area contributed by atoms with Crippen LogP contribution in [0.1, 0.15) is 36.5 Å². The zero-order chi connectivity index (χ0) is 13.7. The first-order valence-corrected chi connectivity index (χ1v) is 6.49. The van der Waals surface area contributed by atoms with E-state index < -0.39 is 12.2 Å². The molecule has 0 aromatic heterocycles. The first-order valence-electron chi connectivity index (χ1n) is 6.49. The van der Waals surface area contributed by atoms with E-state index >= 15 is 0 Å². The molecular formula is C15H24O3. The average molecular weight is 252 g/mol. The van der Waals surface area contributed by atoms with E-state index in [4.69, 9.17) is 4.74 Å². The highest BCUT2D eigenvalue weighted by Gasteiger charge is 2.15. The molecule has 3 heteroatoms. The number of ether oxygens (including phenoxy) is 1. The maximum Gasteiger partial charge on any atom is 0.124 e. The highest BCUT2D eigenvalue weighted by Crippen LogP contribution is 2.26. The van der Waals surface area contributed by atoms with Crippen LogP contribution < -0.4 is 4.74 Å². The number of rotatable bonds is 6. The van der Waals surface area contributed by atoms with Gasteiger partial charge in [-0.25, -0.2) is 0 Å². The number of aliphatic hydroxyl groups excluding tert-OH is 2. The van der Waals surface area contributed by atoms with Crippen molar-refractivity contribution in [3.8, 4) is 5.75 Å². The van der Waals surface area contributed by atoms with Crippen LogP contribution in [0.4, 0.5) is 0 Å². The van der Waals surface area contributed by atoms with Gasteiger partial charge in [-0.3, -0.25) is 0 Å². The van der Waals surface area contributed by atoms with Gasteiger partial charge in [0.15, 0.2) is 0 Å². The fraction of sp³-hybridized carbons (Fsp3) is 0.600. The van der Waals surface area contributed by atoms with E-state index in [1.165, 1.54) is 5.56 Å². The lowest BCUT2D eigenvalue weighted by Crippen LogP contribution is -2.25. The summed E-state index contributed by atoms with van der Waals surface area (Å²) >= 11 is 0. The number of methoxy groups -OCH3 is 1. The van der Waals surface area contributed by atoms with Gasteiger partial charge in [-0.15, -0.1) is 0 Å². The van der Waals surface area contributed by atoms with Crippen molar-refractivity contribution >= 4 is 0 Å². The second kappa shape index (κ2) is 6.76. The fourth-order valence-electron chi connectivity index (χ4n) is 2.29. The first kappa shape index (κ1) is 15.0. The normalized spacial score (nSPS) is 14.3. The minimum Gasteiger partial charge on any atom is -0.496 e. The van der Waals surface area contributed by atoms with Crippen LogP contribution in [-0.4, -0.2) is 29.5 Å². The molecule has 102 valence electrons. The molecule has 2 unspecified atom stereocenters. The van der Waals surface area contributed by atoms with Crippen molar-refractivity contribution in [2.45, 2.75) is 52.2 Å². The fourth-order valence-corrected chi connectivity index (χ4v) is 2.29. The third-order valence-corrected chi connectivity index (χ3v) is 3.27. The van der Waals surface area contributed by atoms with Gasteiger partial charge < -0.3 is 14.9 Å². The molecule has 0 bridgehead atoms. The molecule has 0 aliphatic carbocycles. The van der Waals surface area contributed by atoms with Gasteiger partial charge in [0.25, 0.3) is 0 Å². The van der Waals surface area contributed by atoms with E-state index in [1.807, 2.05) is 20.8 Å². The molecule has 0 heterocycles. The molecular weight excluding hydrogens is 228 g/mol. The highest BCUT2D eigenvalue weighted by molar-refractivity contribution is 5.43. The molecule has 0 aliphatic rings. The summed E-state index contributed by atoms with van der Waals surface area (Å²) < 4.78 is 5.41. The minimum atomic E-state index is -0.666. The molecule has 2 N–H and O–H groups in total. The van der Waals surface area contributed by atoms with Crippen molar-refractivity contribution in [2.75, 3.05) is 7.11 Å². The number of aliphatic hydroxyl groups is 2. The van der Waals surface area contributed by atoms with Crippen molar-refractivity contribution in [3.63, 3.8) is 0 Å². The van der Waals surface area contributed by atoms with Gasteiger partial charge in [0.05, 0.1) is 19.3 Å². The molecule has 1 rings (SSSR count). The third kappa shape index (κ3) is 3.72. The predicted molar refractivity (Wildman–Crippen MR) is 73.1 cm³/mol. The zero-order valence-corrected chi connectivity index (χ0v) is 11.7. The lowest BCUT2D eigenvalue weighted by molar-refractivity contribution is 0.0130. The second-order valence-electron chi connectivity index (χ2n) is 4.86. The van der Waals surface area contributed by atoms with Crippen molar-refractivity contribution < 1.29 is 14.9 Å². The topological polar surface area (TPSA) is 49.7 Å². The molecule has 1 aromatic carbocycles. The van der Waals surface area contributed by atoms with Gasteiger partial charge in [-0.05, 0) is 44.2 Å². The lowest BCUT2D eigenvalue weighted by Gasteiger charge is -2.18. The Balaban J connectivity index is 2.78. The van der Waals surface area contributed by atoms with Crippen molar-refractivity contribution in [1.29, 1.82) is 0 Å². The highest BCUT2D eigenvalue weighted by atomic mass is 16.5. The zero-order valence-electron chi connectivity index (χ0n) is 11.7. The molecule has 0 saturated carbocycles. The Morgan fingerprint density at radius 2 is 1.83 bits per heavy atom. The summed E-state index contributed by atoms with van der Waals surface area (Å²) in [7, 11) is 1.67. The molecule has 3 nitrogen and oxygen atoms in total. The van der Waals surface area contributed by atoms with Crippen LogP contribution in [-0.2, 0) is 6.42 Å². The molecule has 1 aromatic rings. The van der Waals surface area contributed by atoms with Crippen LogP contribution in [0.5, 0.6) is 5.75 Å². The summed E-state index contributed by atoms with van der Waals surface area (Å²) in [5.41, 5.74) is 3.39. The summed E-state index contributed by atoms with van der Waals surface area (Å²) in [4.78, 5) is 0. The van der Waals surface area contributed by atoms with E-state index in [0.717, 1.165) is 16.9 Å². The second-order valence-corrected chi connectivity index (χ2v) is 4.86. The van der Waals surface area contributed by atoms with E-state index in [1.54, 1.807) is 7.11 Å². The van der Waals surface area contributed by atoms with Gasteiger partial charge >= 0.3 is 0 Å². The SMILES string of the molecule is CCC(O)C(O)CCc1cc(C)cc(C)c1OC. The molecule has 0 saturated heterocycles. The Labute approximate surface area is 109 Å². The number of benzene rings is 1.